The molecule has 17 heteroatoms. The molecule has 0 amide bonds. The molecule has 0 aliphatic rings. The molecule has 0 saturated heterocycles. The summed E-state index contributed by atoms with van der Waals surface area (Å²) in [5.41, 5.74) is 0. The maximum absolute atomic E-state index is 13.4. The van der Waals surface area contributed by atoms with Crippen molar-refractivity contribution in [1.29, 1.82) is 0 Å². The monoisotopic (exact) mass is 468 g/mol. The van der Waals surface area contributed by atoms with E-state index in [1.165, 1.54) is 0 Å². The van der Waals surface area contributed by atoms with Crippen molar-refractivity contribution in [3.05, 3.63) is 0 Å². The maximum atomic E-state index is 13.4. The van der Waals surface area contributed by atoms with Crippen molar-refractivity contribution in [3.8, 4) is 0 Å². The van der Waals surface area contributed by atoms with Gasteiger partial charge in [-0.05, 0) is 6.42 Å². The lowest BCUT2D eigenvalue weighted by atomic mass is 9.89. The van der Waals surface area contributed by atoms with Gasteiger partial charge in [0, 0.05) is 12.8 Å². The SMILES string of the molecule is CCC(F)(F)C(F)(F)C(F)(F)C(F)(F)C(F)(F)C(F)(F)CCCOS(=O)(=O)O. The van der Waals surface area contributed by atoms with Crippen LogP contribution in [0.3, 0.4) is 0 Å². The third-order valence-corrected chi connectivity index (χ3v) is 3.88. The van der Waals surface area contributed by atoms with Gasteiger partial charge in [0.05, 0.1) is 6.61 Å². The van der Waals surface area contributed by atoms with Gasteiger partial charge < -0.3 is 0 Å². The number of rotatable bonds is 11. The van der Waals surface area contributed by atoms with E-state index in [4.69, 9.17) is 4.55 Å². The zero-order valence-electron chi connectivity index (χ0n) is 13.4. The van der Waals surface area contributed by atoms with Gasteiger partial charge in [-0.1, -0.05) is 6.92 Å². The highest BCUT2D eigenvalue weighted by molar-refractivity contribution is 7.80. The summed E-state index contributed by atoms with van der Waals surface area (Å²) < 4.78 is 191. The van der Waals surface area contributed by atoms with E-state index < -0.39 is 71.8 Å². The maximum Gasteiger partial charge on any atom is 0.397 e. The summed E-state index contributed by atoms with van der Waals surface area (Å²) in [6.07, 6.45) is -6.29. The molecule has 0 aromatic heterocycles. The van der Waals surface area contributed by atoms with Gasteiger partial charge in [0.15, 0.2) is 0 Å². The molecule has 0 aliphatic heterocycles. The third-order valence-electron chi connectivity index (χ3n) is 3.41. The van der Waals surface area contributed by atoms with Gasteiger partial charge in [-0.2, -0.15) is 61.1 Å². The van der Waals surface area contributed by atoms with Crippen LogP contribution in [0.1, 0.15) is 26.2 Å². The van der Waals surface area contributed by atoms with Gasteiger partial charge in [0.2, 0.25) is 0 Å². The van der Waals surface area contributed by atoms with Crippen molar-refractivity contribution in [3.63, 3.8) is 0 Å². The van der Waals surface area contributed by atoms with E-state index >= 15 is 0 Å². The van der Waals surface area contributed by atoms with Gasteiger partial charge in [-0.25, -0.2) is 4.18 Å². The van der Waals surface area contributed by atoms with Crippen molar-refractivity contribution >= 4 is 10.4 Å². The Balaban J connectivity index is 5.82. The Bertz CT molecular complexity index is 646. The Labute approximate surface area is 149 Å². The summed E-state index contributed by atoms with van der Waals surface area (Å²) >= 11 is 0. The molecule has 0 fully saturated rings. The van der Waals surface area contributed by atoms with E-state index in [2.05, 4.69) is 4.18 Å². The second kappa shape index (κ2) is 7.70. The Morgan fingerprint density at radius 3 is 1.39 bits per heavy atom. The van der Waals surface area contributed by atoms with Crippen LogP contribution >= 0.6 is 0 Å². The average molecular weight is 468 g/mol. The summed E-state index contributed by atoms with van der Waals surface area (Å²) in [7, 11) is -5.25. The van der Waals surface area contributed by atoms with E-state index in [-0.39, 0.29) is 6.92 Å². The zero-order chi connectivity index (χ0) is 23.0. The highest BCUT2D eigenvalue weighted by Gasteiger charge is 2.89. The first-order valence-electron chi connectivity index (χ1n) is 6.90. The highest BCUT2D eigenvalue weighted by Crippen LogP contribution is 2.60. The normalized spacial score (nSPS) is 15.8. The van der Waals surface area contributed by atoms with Crippen molar-refractivity contribution in [2.45, 2.75) is 61.7 Å². The Hall–Kier alpha value is -0.970. The van der Waals surface area contributed by atoms with Crippen LogP contribution in [-0.4, -0.2) is 55.1 Å². The standard InChI is InChI=1S/C11H12F12O4S/c1-2-6(12,13)8(16,17)10(20,21)11(22,23)9(18,19)7(14,15)4-3-5-27-28(24,25)26/h2-5H2,1H3,(H,24,25,26). The molecule has 0 aliphatic carbocycles. The van der Waals surface area contributed by atoms with Gasteiger partial charge in [-0.3, -0.25) is 4.55 Å². The molecule has 0 aromatic carbocycles. The summed E-state index contributed by atoms with van der Waals surface area (Å²) in [5, 5.41) is 0. The lowest BCUT2D eigenvalue weighted by Gasteiger charge is -2.41. The van der Waals surface area contributed by atoms with Gasteiger partial charge in [0.25, 0.3) is 0 Å². The first-order chi connectivity index (χ1) is 12.0. The van der Waals surface area contributed by atoms with Gasteiger partial charge >= 0.3 is 45.9 Å². The largest absolute Gasteiger partial charge is 0.397 e. The lowest BCUT2D eigenvalue weighted by molar-refractivity contribution is -0.425. The van der Waals surface area contributed by atoms with Crippen molar-refractivity contribution in [2.75, 3.05) is 6.61 Å². The smallest absolute Gasteiger partial charge is 0.264 e. The molecule has 1 N–H and O–H groups in total. The number of hydrogen-bond acceptors (Lipinski definition) is 3. The van der Waals surface area contributed by atoms with Crippen LogP contribution < -0.4 is 0 Å². The summed E-state index contributed by atoms with van der Waals surface area (Å²) in [4.78, 5) is 0. The molecule has 0 aromatic rings. The van der Waals surface area contributed by atoms with Crippen molar-refractivity contribution in [1.82, 2.24) is 0 Å². The van der Waals surface area contributed by atoms with Crippen LogP contribution in [0, 0.1) is 0 Å². The van der Waals surface area contributed by atoms with E-state index in [0.717, 1.165) is 0 Å². The van der Waals surface area contributed by atoms with E-state index in [9.17, 15) is 61.1 Å². The fourth-order valence-corrected chi connectivity index (χ4v) is 2.02. The molecular formula is C11H12F12O4S. The minimum atomic E-state index is -7.66. The number of halogens is 12. The molecule has 4 nitrogen and oxygen atoms in total. The molecule has 170 valence electrons. The van der Waals surface area contributed by atoms with Crippen LogP contribution in [0.4, 0.5) is 52.7 Å². The topological polar surface area (TPSA) is 63.6 Å². The second-order valence-corrected chi connectivity index (χ2v) is 6.50. The van der Waals surface area contributed by atoms with E-state index in [0.29, 0.717) is 0 Å². The lowest BCUT2D eigenvalue weighted by Crippen LogP contribution is -2.70. The molecule has 0 radical (unpaired) electrons. The predicted molar refractivity (Wildman–Crippen MR) is 66.7 cm³/mol. The Kier molecular flexibility index (Phi) is 7.43. The third kappa shape index (κ3) is 4.60. The molecule has 0 spiro atoms. The fraction of sp³-hybridized carbons (Fsp3) is 1.00. The van der Waals surface area contributed by atoms with Crippen LogP contribution in [0.25, 0.3) is 0 Å². The molecule has 0 heterocycles. The van der Waals surface area contributed by atoms with Crippen LogP contribution in [0.15, 0.2) is 0 Å². The van der Waals surface area contributed by atoms with Gasteiger partial charge in [0.1, 0.15) is 0 Å². The number of hydrogen-bond donors (Lipinski definition) is 1. The molecular weight excluding hydrogens is 456 g/mol. The molecule has 0 atom stereocenters. The molecule has 0 bridgehead atoms. The first-order valence-corrected chi connectivity index (χ1v) is 8.27. The van der Waals surface area contributed by atoms with E-state index in [1.807, 2.05) is 0 Å². The minimum Gasteiger partial charge on any atom is -0.264 e. The second-order valence-electron chi connectivity index (χ2n) is 5.41. The highest BCUT2D eigenvalue weighted by atomic mass is 32.3. The Morgan fingerprint density at radius 1 is 0.714 bits per heavy atom. The Morgan fingerprint density at radius 2 is 1.07 bits per heavy atom. The summed E-state index contributed by atoms with van der Waals surface area (Å²) in [6.45, 7) is -1.37. The van der Waals surface area contributed by atoms with Crippen LogP contribution in [-0.2, 0) is 14.6 Å². The van der Waals surface area contributed by atoms with E-state index in [1.54, 1.807) is 0 Å². The number of alkyl halides is 12. The van der Waals surface area contributed by atoms with Crippen molar-refractivity contribution < 1.29 is 69.8 Å². The molecule has 0 unspecified atom stereocenters. The first kappa shape index (κ1) is 27.0. The van der Waals surface area contributed by atoms with Crippen LogP contribution in [0.5, 0.6) is 0 Å². The average Bonchev–Trinajstić information content (AvgIpc) is 2.49. The predicted octanol–water partition coefficient (Wildman–Crippen LogP) is 4.81. The summed E-state index contributed by atoms with van der Waals surface area (Å²) in [5.74, 6) is -41.8. The minimum absolute atomic E-state index is 0.129. The van der Waals surface area contributed by atoms with Crippen molar-refractivity contribution in [2.24, 2.45) is 0 Å². The fourth-order valence-electron chi connectivity index (χ4n) is 1.69. The molecule has 0 saturated carbocycles. The quantitative estimate of drug-likeness (QED) is 0.269. The van der Waals surface area contributed by atoms with Gasteiger partial charge in [-0.15, -0.1) is 0 Å². The zero-order valence-corrected chi connectivity index (χ0v) is 14.3. The molecule has 0 rings (SSSR count). The molecule has 28 heavy (non-hydrogen) atoms. The van der Waals surface area contributed by atoms with Crippen LogP contribution in [0.2, 0.25) is 0 Å². The summed E-state index contributed by atoms with van der Waals surface area (Å²) in [6, 6.07) is 0.